The van der Waals surface area contributed by atoms with Crippen molar-refractivity contribution in [3.05, 3.63) is 11.8 Å². The Morgan fingerprint density at radius 1 is 1.50 bits per heavy atom. The van der Waals surface area contributed by atoms with Crippen LogP contribution in [0, 0.1) is 12.3 Å². The molecule has 1 N–H and O–H groups in total. The maximum absolute atomic E-state index is 5.39. The van der Waals surface area contributed by atoms with E-state index in [4.69, 9.17) is 4.74 Å². The fourth-order valence-electron chi connectivity index (χ4n) is 1.70. The standard InChI is InChI=1S/C12H19N3O/c1-5-16-10-6-8(2)13-11(15-10)14-9-7-12(9,3)4/h6,9H,5,7H2,1-4H3,(H,13,14,15). The number of aryl methyl sites for hydroxylation is 1. The van der Waals surface area contributed by atoms with Crippen LogP contribution in [0.15, 0.2) is 6.07 Å². The minimum Gasteiger partial charge on any atom is -0.478 e. The average molecular weight is 221 g/mol. The highest BCUT2D eigenvalue weighted by Gasteiger charge is 2.46. The number of hydrogen-bond acceptors (Lipinski definition) is 4. The topological polar surface area (TPSA) is 47.0 Å². The molecule has 0 saturated heterocycles. The van der Waals surface area contributed by atoms with E-state index in [9.17, 15) is 0 Å². The highest BCUT2D eigenvalue weighted by atomic mass is 16.5. The third-order valence-electron chi connectivity index (χ3n) is 2.94. The first-order chi connectivity index (χ1) is 7.51. The molecule has 4 heteroatoms. The Balaban J connectivity index is 2.09. The summed E-state index contributed by atoms with van der Waals surface area (Å²) in [6, 6.07) is 2.34. The lowest BCUT2D eigenvalue weighted by atomic mass is 10.2. The summed E-state index contributed by atoms with van der Waals surface area (Å²) < 4.78 is 5.39. The predicted molar refractivity (Wildman–Crippen MR) is 63.7 cm³/mol. The molecule has 1 aromatic heterocycles. The fourth-order valence-corrected chi connectivity index (χ4v) is 1.70. The zero-order valence-electron chi connectivity index (χ0n) is 10.4. The summed E-state index contributed by atoms with van der Waals surface area (Å²) in [7, 11) is 0. The summed E-state index contributed by atoms with van der Waals surface area (Å²) >= 11 is 0. The SMILES string of the molecule is CCOc1cc(C)nc(NC2CC2(C)C)n1. The van der Waals surface area contributed by atoms with Gasteiger partial charge in [-0.05, 0) is 25.7 Å². The van der Waals surface area contributed by atoms with E-state index in [1.165, 1.54) is 6.42 Å². The lowest BCUT2D eigenvalue weighted by molar-refractivity contribution is 0.326. The molecule has 1 heterocycles. The van der Waals surface area contributed by atoms with E-state index in [1.807, 2.05) is 19.9 Å². The monoisotopic (exact) mass is 221 g/mol. The molecular formula is C12H19N3O. The van der Waals surface area contributed by atoms with Crippen molar-refractivity contribution in [2.45, 2.75) is 40.2 Å². The molecule has 1 saturated carbocycles. The highest BCUT2D eigenvalue weighted by Crippen LogP contribution is 2.46. The van der Waals surface area contributed by atoms with Crippen LogP contribution in [0.4, 0.5) is 5.95 Å². The van der Waals surface area contributed by atoms with E-state index in [0.29, 0.717) is 29.9 Å². The summed E-state index contributed by atoms with van der Waals surface area (Å²) in [6.07, 6.45) is 1.17. The van der Waals surface area contributed by atoms with Gasteiger partial charge in [0.05, 0.1) is 6.61 Å². The highest BCUT2D eigenvalue weighted by molar-refractivity contribution is 5.35. The first-order valence-electron chi connectivity index (χ1n) is 5.76. The second kappa shape index (κ2) is 3.92. The van der Waals surface area contributed by atoms with Crippen molar-refractivity contribution in [3.8, 4) is 5.88 Å². The zero-order chi connectivity index (χ0) is 11.8. The smallest absolute Gasteiger partial charge is 0.226 e. The third-order valence-corrected chi connectivity index (χ3v) is 2.94. The first kappa shape index (κ1) is 11.2. The maximum atomic E-state index is 5.39. The van der Waals surface area contributed by atoms with Crippen LogP contribution in [0.3, 0.4) is 0 Å². The van der Waals surface area contributed by atoms with E-state index in [1.54, 1.807) is 0 Å². The molecule has 0 aliphatic heterocycles. The van der Waals surface area contributed by atoms with Gasteiger partial charge in [0.15, 0.2) is 0 Å². The second-order valence-electron chi connectivity index (χ2n) is 4.99. The summed E-state index contributed by atoms with van der Waals surface area (Å²) in [6.45, 7) is 9.01. The Morgan fingerprint density at radius 3 is 2.75 bits per heavy atom. The van der Waals surface area contributed by atoms with Gasteiger partial charge in [-0.1, -0.05) is 13.8 Å². The number of nitrogens with one attached hydrogen (secondary N) is 1. The van der Waals surface area contributed by atoms with E-state index in [-0.39, 0.29) is 0 Å². The fraction of sp³-hybridized carbons (Fsp3) is 0.667. The largest absolute Gasteiger partial charge is 0.478 e. The Hall–Kier alpha value is -1.32. The quantitative estimate of drug-likeness (QED) is 0.848. The first-order valence-corrected chi connectivity index (χ1v) is 5.76. The Bertz CT molecular complexity index is 390. The lowest BCUT2D eigenvalue weighted by Gasteiger charge is -2.09. The van der Waals surface area contributed by atoms with Gasteiger partial charge in [-0.25, -0.2) is 4.98 Å². The molecule has 1 atom stereocenters. The van der Waals surface area contributed by atoms with Gasteiger partial charge in [0.1, 0.15) is 0 Å². The van der Waals surface area contributed by atoms with Crippen molar-refractivity contribution in [2.24, 2.45) is 5.41 Å². The van der Waals surface area contributed by atoms with E-state index >= 15 is 0 Å². The van der Waals surface area contributed by atoms with Crippen molar-refractivity contribution >= 4 is 5.95 Å². The zero-order valence-corrected chi connectivity index (χ0v) is 10.4. The second-order valence-corrected chi connectivity index (χ2v) is 4.99. The van der Waals surface area contributed by atoms with Crippen molar-refractivity contribution in [1.29, 1.82) is 0 Å². The van der Waals surface area contributed by atoms with Gasteiger partial charge in [-0.15, -0.1) is 0 Å². The van der Waals surface area contributed by atoms with Crippen LogP contribution in [-0.4, -0.2) is 22.6 Å². The molecule has 1 aliphatic rings. The van der Waals surface area contributed by atoms with Crippen LogP contribution >= 0.6 is 0 Å². The van der Waals surface area contributed by atoms with Crippen LogP contribution in [0.5, 0.6) is 5.88 Å². The molecule has 0 spiro atoms. The molecule has 0 bridgehead atoms. The molecule has 4 nitrogen and oxygen atoms in total. The van der Waals surface area contributed by atoms with Gasteiger partial charge < -0.3 is 10.1 Å². The number of rotatable bonds is 4. The van der Waals surface area contributed by atoms with E-state index < -0.39 is 0 Å². The Morgan fingerprint density at radius 2 is 2.19 bits per heavy atom. The van der Waals surface area contributed by atoms with Gasteiger partial charge in [0.25, 0.3) is 0 Å². The van der Waals surface area contributed by atoms with Crippen LogP contribution in [0.25, 0.3) is 0 Å². The summed E-state index contributed by atoms with van der Waals surface area (Å²) in [5, 5.41) is 3.34. The van der Waals surface area contributed by atoms with Crippen molar-refractivity contribution < 1.29 is 4.74 Å². The van der Waals surface area contributed by atoms with Gasteiger partial charge in [0.2, 0.25) is 11.8 Å². The predicted octanol–water partition coefficient (Wildman–Crippen LogP) is 2.39. The van der Waals surface area contributed by atoms with Crippen LogP contribution < -0.4 is 10.1 Å². The van der Waals surface area contributed by atoms with E-state index in [0.717, 1.165) is 5.69 Å². The van der Waals surface area contributed by atoms with Gasteiger partial charge in [-0.2, -0.15) is 4.98 Å². The summed E-state index contributed by atoms with van der Waals surface area (Å²) in [4.78, 5) is 8.68. The number of ether oxygens (including phenoxy) is 1. The van der Waals surface area contributed by atoms with Crippen molar-refractivity contribution in [2.75, 3.05) is 11.9 Å². The number of anilines is 1. The normalized spacial score (nSPS) is 21.6. The molecule has 1 aliphatic carbocycles. The molecule has 0 amide bonds. The summed E-state index contributed by atoms with van der Waals surface area (Å²) in [5.41, 5.74) is 1.30. The molecule has 1 fully saturated rings. The molecule has 88 valence electrons. The Kier molecular flexibility index (Phi) is 2.74. The molecule has 1 unspecified atom stereocenters. The molecular weight excluding hydrogens is 202 g/mol. The van der Waals surface area contributed by atoms with Crippen molar-refractivity contribution in [3.63, 3.8) is 0 Å². The summed E-state index contributed by atoms with van der Waals surface area (Å²) in [5.74, 6) is 1.33. The third kappa shape index (κ3) is 2.43. The molecule has 0 aromatic carbocycles. The van der Waals surface area contributed by atoms with Gasteiger partial charge >= 0.3 is 0 Å². The average Bonchev–Trinajstić information content (AvgIpc) is 2.72. The maximum Gasteiger partial charge on any atom is 0.226 e. The lowest BCUT2D eigenvalue weighted by Crippen LogP contribution is -2.12. The van der Waals surface area contributed by atoms with Crippen LogP contribution in [-0.2, 0) is 0 Å². The molecule has 2 rings (SSSR count). The van der Waals surface area contributed by atoms with Crippen LogP contribution in [0.2, 0.25) is 0 Å². The number of hydrogen-bond donors (Lipinski definition) is 1. The van der Waals surface area contributed by atoms with Crippen molar-refractivity contribution in [1.82, 2.24) is 9.97 Å². The van der Waals surface area contributed by atoms with Gasteiger partial charge in [-0.3, -0.25) is 0 Å². The molecule has 16 heavy (non-hydrogen) atoms. The minimum absolute atomic E-state index is 0.374. The van der Waals surface area contributed by atoms with Crippen LogP contribution in [0.1, 0.15) is 32.9 Å². The molecule has 1 aromatic rings. The van der Waals surface area contributed by atoms with Gasteiger partial charge in [0, 0.05) is 17.8 Å². The van der Waals surface area contributed by atoms with E-state index in [2.05, 4.69) is 29.1 Å². The Labute approximate surface area is 96.4 Å². The number of nitrogens with zero attached hydrogens (tertiary/aromatic N) is 2. The molecule has 0 radical (unpaired) electrons. The number of aromatic nitrogens is 2. The minimum atomic E-state index is 0.374.